The van der Waals surface area contributed by atoms with Crippen LogP contribution in [0.25, 0.3) is 0 Å². The minimum atomic E-state index is -0.457. The van der Waals surface area contributed by atoms with Gasteiger partial charge in [-0.15, -0.1) is 0 Å². The number of ether oxygens (including phenoxy) is 4. The van der Waals surface area contributed by atoms with E-state index in [4.69, 9.17) is 36.3 Å². The lowest BCUT2D eigenvalue weighted by Gasteiger charge is -2.27. The Morgan fingerprint density at radius 3 is 2.53 bits per heavy atom. The lowest BCUT2D eigenvalue weighted by Crippen LogP contribution is -2.21. The summed E-state index contributed by atoms with van der Waals surface area (Å²) in [7, 11) is 0. The van der Waals surface area contributed by atoms with Crippen molar-refractivity contribution in [3.8, 4) is 29.1 Å². The van der Waals surface area contributed by atoms with Gasteiger partial charge >= 0.3 is 0 Å². The molecule has 2 aliphatic heterocycles. The molecule has 8 heteroatoms. The van der Waals surface area contributed by atoms with Crippen LogP contribution < -0.4 is 24.7 Å². The molecule has 1 atom stereocenters. The minimum absolute atomic E-state index is 0.0547. The summed E-state index contributed by atoms with van der Waals surface area (Å²) in [4.78, 5) is 0. The van der Waals surface area contributed by atoms with Crippen LogP contribution in [0.2, 0.25) is 5.02 Å². The molecule has 2 N–H and O–H groups in total. The molecule has 0 aliphatic carbocycles. The Labute approximate surface area is 203 Å². The second-order valence-corrected chi connectivity index (χ2v) is 8.93. The summed E-state index contributed by atoms with van der Waals surface area (Å²) in [5.74, 6) is 1.85. The monoisotopic (exact) mass is 558 g/mol. The Morgan fingerprint density at radius 1 is 1.06 bits per heavy atom. The van der Waals surface area contributed by atoms with Gasteiger partial charge < -0.3 is 24.7 Å². The van der Waals surface area contributed by atoms with Crippen LogP contribution in [0.3, 0.4) is 0 Å². The molecule has 0 spiro atoms. The zero-order valence-electron chi connectivity index (χ0n) is 16.6. The number of hydrogen-bond acceptors (Lipinski definition) is 6. The first-order chi connectivity index (χ1) is 15.5. The van der Waals surface area contributed by atoms with Crippen molar-refractivity contribution in [1.29, 1.82) is 5.26 Å². The van der Waals surface area contributed by atoms with Gasteiger partial charge in [0.1, 0.15) is 29.7 Å². The van der Waals surface area contributed by atoms with Crippen LogP contribution in [0, 0.1) is 14.9 Å². The maximum absolute atomic E-state index is 9.78. The SMILES string of the molecule is N#CC1=C(N)Oc2cc3c(cc2[C@@H]1c1ccc(OCc2ccc(I)cc2)c(Cl)c1)OCO3. The highest BCUT2D eigenvalue weighted by molar-refractivity contribution is 14.1. The number of rotatable bonds is 4. The number of nitrogens with two attached hydrogens (primary N) is 1. The Balaban J connectivity index is 1.48. The highest BCUT2D eigenvalue weighted by Gasteiger charge is 2.33. The zero-order chi connectivity index (χ0) is 22.2. The molecule has 160 valence electrons. The summed E-state index contributed by atoms with van der Waals surface area (Å²) < 4.78 is 23.7. The summed E-state index contributed by atoms with van der Waals surface area (Å²) in [6.45, 7) is 0.533. The van der Waals surface area contributed by atoms with Gasteiger partial charge in [-0.3, -0.25) is 0 Å². The third-order valence-corrected chi connectivity index (χ3v) is 6.32. The summed E-state index contributed by atoms with van der Waals surface area (Å²) in [5.41, 5.74) is 8.97. The highest BCUT2D eigenvalue weighted by atomic mass is 127. The molecular formula is C24H16ClIN2O4. The number of halogens is 2. The quantitative estimate of drug-likeness (QED) is 0.428. The standard InChI is InChI=1S/C24H16ClIN2O4/c25-18-7-14(3-6-19(18)29-11-13-1-4-15(26)5-2-13)23-16-8-21-22(31-12-30-21)9-20(16)32-24(28)17(23)10-27/h1-9,23H,11-12,28H2/t23-/m0/s1. The van der Waals surface area contributed by atoms with Crippen molar-refractivity contribution in [1.82, 2.24) is 0 Å². The van der Waals surface area contributed by atoms with Crippen LogP contribution in [0.4, 0.5) is 0 Å². The van der Waals surface area contributed by atoms with E-state index >= 15 is 0 Å². The molecule has 6 nitrogen and oxygen atoms in total. The molecule has 0 bridgehead atoms. The highest BCUT2D eigenvalue weighted by Crippen LogP contribution is 2.48. The van der Waals surface area contributed by atoms with Gasteiger partial charge in [0.2, 0.25) is 12.7 Å². The van der Waals surface area contributed by atoms with E-state index < -0.39 is 5.92 Å². The molecule has 5 rings (SSSR count). The van der Waals surface area contributed by atoms with E-state index in [0.29, 0.717) is 40.2 Å². The second-order valence-electron chi connectivity index (χ2n) is 7.27. The number of nitrogens with zero attached hydrogens (tertiary/aromatic N) is 1. The average Bonchev–Trinajstić information content (AvgIpc) is 3.24. The second kappa shape index (κ2) is 8.45. The molecule has 32 heavy (non-hydrogen) atoms. The normalized spacial score (nSPS) is 16.2. The van der Waals surface area contributed by atoms with E-state index in [1.165, 1.54) is 0 Å². The third kappa shape index (κ3) is 3.80. The Morgan fingerprint density at radius 2 is 1.81 bits per heavy atom. The first kappa shape index (κ1) is 20.8. The lowest BCUT2D eigenvalue weighted by atomic mass is 9.83. The van der Waals surface area contributed by atoms with E-state index in [1.54, 1.807) is 18.2 Å². The molecule has 2 heterocycles. The molecule has 0 radical (unpaired) electrons. The lowest BCUT2D eigenvalue weighted by molar-refractivity contribution is 0.174. The van der Waals surface area contributed by atoms with Crippen molar-refractivity contribution in [3.05, 3.63) is 91.3 Å². The first-order valence-electron chi connectivity index (χ1n) is 9.71. The molecule has 0 amide bonds. The van der Waals surface area contributed by atoms with E-state index in [9.17, 15) is 5.26 Å². The Hall–Kier alpha value is -3.09. The van der Waals surface area contributed by atoms with E-state index in [2.05, 4.69) is 28.7 Å². The average molecular weight is 559 g/mol. The largest absolute Gasteiger partial charge is 0.487 e. The van der Waals surface area contributed by atoms with Crippen molar-refractivity contribution in [2.75, 3.05) is 6.79 Å². The number of allylic oxidation sites excluding steroid dienone is 1. The molecule has 0 saturated carbocycles. The van der Waals surface area contributed by atoms with Crippen molar-refractivity contribution in [2.24, 2.45) is 5.73 Å². The Bertz CT molecular complexity index is 1280. The van der Waals surface area contributed by atoms with Crippen molar-refractivity contribution >= 4 is 34.2 Å². The third-order valence-electron chi connectivity index (χ3n) is 5.31. The van der Waals surface area contributed by atoms with Gasteiger partial charge in [-0.2, -0.15) is 5.26 Å². The number of nitriles is 1. The molecule has 0 fully saturated rings. The predicted molar refractivity (Wildman–Crippen MR) is 127 cm³/mol. The number of benzene rings is 3. The van der Waals surface area contributed by atoms with Gasteiger partial charge in [0.05, 0.1) is 10.9 Å². The minimum Gasteiger partial charge on any atom is -0.487 e. The van der Waals surface area contributed by atoms with Gasteiger partial charge in [-0.1, -0.05) is 29.8 Å². The van der Waals surface area contributed by atoms with Crippen LogP contribution in [-0.4, -0.2) is 6.79 Å². The predicted octanol–water partition coefficient (Wildman–Crippen LogP) is 5.47. The number of hydrogen-bond donors (Lipinski definition) is 1. The van der Waals surface area contributed by atoms with Crippen molar-refractivity contribution in [2.45, 2.75) is 12.5 Å². The fourth-order valence-electron chi connectivity index (χ4n) is 3.75. The van der Waals surface area contributed by atoms with Crippen LogP contribution >= 0.6 is 34.2 Å². The molecule has 3 aromatic rings. The van der Waals surface area contributed by atoms with Gasteiger partial charge in [-0.05, 0) is 64.0 Å². The van der Waals surface area contributed by atoms with Gasteiger partial charge in [0.15, 0.2) is 11.5 Å². The summed E-state index contributed by atoms with van der Waals surface area (Å²) in [6, 6.07) is 19.3. The smallest absolute Gasteiger partial charge is 0.231 e. The Kier molecular flexibility index (Phi) is 5.49. The molecule has 2 aliphatic rings. The van der Waals surface area contributed by atoms with Gasteiger partial charge in [0, 0.05) is 15.2 Å². The summed E-state index contributed by atoms with van der Waals surface area (Å²) >= 11 is 8.82. The van der Waals surface area contributed by atoms with E-state index in [1.807, 2.05) is 36.4 Å². The van der Waals surface area contributed by atoms with Crippen LogP contribution in [0.1, 0.15) is 22.6 Å². The zero-order valence-corrected chi connectivity index (χ0v) is 19.5. The topological polar surface area (TPSA) is 86.7 Å². The molecule has 3 aromatic carbocycles. The maximum atomic E-state index is 9.78. The number of fused-ring (bicyclic) bond motifs is 2. The maximum Gasteiger partial charge on any atom is 0.231 e. The molecule has 0 saturated heterocycles. The van der Waals surface area contributed by atoms with E-state index in [0.717, 1.165) is 20.3 Å². The van der Waals surface area contributed by atoms with Crippen molar-refractivity contribution < 1.29 is 18.9 Å². The molecular weight excluding hydrogens is 543 g/mol. The fraction of sp³-hybridized carbons (Fsp3) is 0.125. The first-order valence-corrected chi connectivity index (χ1v) is 11.2. The van der Waals surface area contributed by atoms with Crippen LogP contribution in [-0.2, 0) is 6.61 Å². The van der Waals surface area contributed by atoms with Gasteiger partial charge in [0.25, 0.3) is 0 Å². The van der Waals surface area contributed by atoms with E-state index in [-0.39, 0.29) is 12.7 Å². The van der Waals surface area contributed by atoms with Crippen molar-refractivity contribution in [3.63, 3.8) is 0 Å². The molecule has 0 unspecified atom stereocenters. The molecule has 0 aromatic heterocycles. The van der Waals surface area contributed by atoms with Gasteiger partial charge in [-0.25, -0.2) is 0 Å². The van der Waals surface area contributed by atoms with Crippen LogP contribution in [0.15, 0.2) is 66.1 Å². The summed E-state index contributed by atoms with van der Waals surface area (Å²) in [6.07, 6.45) is 0. The van der Waals surface area contributed by atoms with Crippen LogP contribution in [0.5, 0.6) is 23.0 Å². The summed E-state index contributed by atoms with van der Waals surface area (Å²) in [5, 5.41) is 10.2. The fourth-order valence-corrected chi connectivity index (χ4v) is 4.35.